The molecule has 8 nitrogen and oxygen atoms in total. The lowest BCUT2D eigenvalue weighted by atomic mass is 10.0. The van der Waals surface area contributed by atoms with Crippen LogP contribution in [0.25, 0.3) is 5.78 Å². The van der Waals surface area contributed by atoms with Gasteiger partial charge in [-0.05, 0) is 46.2 Å². The fraction of sp³-hybridized carbons (Fsp3) is 0.381. The van der Waals surface area contributed by atoms with Crippen molar-refractivity contribution in [2.75, 3.05) is 0 Å². The van der Waals surface area contributed by atoms with E-state index < -0.39 is 11.9 Å². The number of fused-ring (bicyclic) bond motifs is 1. The zero-order chi connectivity index (χ0) is 21.1. The summed E-state index contributed by atoms with van der Waals surface area (Å²) >= 11 is 0. The fourth-order valence-corrected chi connectivity index (χ4v) is 3.01. The van der Waals surface area contributed by atoms with Gasteiger partial charge in [0.2, 0.25) is 5.82 Å². The van der Waals surface area contributed by atoms with Gasteiger partial charge in [-0.25, -0.2) is 9.50 Å². The van der Waals surface area contributed by atoms with Crippen LogP contribution in [0.15, 0.2) is 30.3 Å². The third kappa shape index (κ3) is 4.96. The van der Waals surface area contributed by atoms with Crippen molar-refractivity contribution >= 4 is 17.7 Å². The number of carbonyl (C=O) groups excluding carboxylic acids is 2. The molecule has 1 N–H and O–H groups in total. The molecule has 1 unspecified atom stereocenters. The standard InChI is InChI=1S/C21H25N5O3/c1-12(2)29-18(27)11-17(16-8-6-13(3)7-9-16)23-20(28)19-24-21-22-14(4)10-15(5)26(21)25-19/h6-10,12,17H,11H2,1-5H3,(H,23,28). The average molecular weight is 395 g/mol. The highest BCUT2D eigenvalue weighted by Crippen LogP contribution is 2.19. The first-order valence-electron chi connectivity index (χ1n) is 9.51. The van der Waals surface area contributed by atoms with E-state index in [-0.39, 0.29) is 24.3 Å². The summed E-state index contributed by atoms with van der Waals surface area (Å²) in [4.78, 5) is 33.6. The van der Waals surface area contributed by atoms with Gasteiger partial charge in [-0.1, -0.05) is 29.8 Å². The second-order valence-corrected chi connectivity index (χ2v) is 7.37. The van der Waals surface area contributed by atoms with Crippen molar-refractivity contribution in [3.8, 4) is 0 Å². The highest BCUT2D eigenvalue weighted by atomic mass is 16.5. The van der Waals surface area contributed by atoms with Crippen molar-refractivity contribution in [2.24, 2.45) is 0 Å². The van der Waals surface area contributed by atoms with Gasteiger partial charge in [-0.3, -0.25) is 9.59 Å². The van der Waals surface area contributed by atoms with Crippen LogP contribution < -0.4 is 5.32 Å². The van der Waals surface area contributed by atoms with E-state index in [0.717, 1.165) is 22.5 Å². The number of nitrogens with one attached hydrogen (secondary N) is 1. The predicted octanol–water partition coefficient (Wildman–Crippen LogP) is 2.86. The van der Waals surface area contributed by atoms with E-state index in [1.807, 2.05) is 51.1 Å². The Hall–Kier alpha value is -3.29. The molecule has 0 saturated heterocycles. The number of benzene rings is 1. The van der Waals surface area contributed by atoms with Crippen molar-refractivity contribution < 1.29 is 14.3 Å². The summed E-state index contributed by atoms with van der Waals surface area (Å²) in [5.74, 6) is -0.503. The van der Waals surface area contributed by atoms with Gasteiger partial charge in [-0.15, -0.1) is 5.10 Å². The summed E-state index contributed by atoms with van der Waals surface area (Å²) in [6.45, 7) is 9.27. The molecule has 29 heavy (non-hydrogen) atoms. The van der Waals surface area contributed by atoms with Crippen LogP contribution in [-0.2, 0) is 9.53 Å². The summed E-state index contributed by atoms with van der Waals surface area (Å²) in [6, 6.07) is 8.94. The fourth-order valence-electron chi connectivity index (χ4n) is 3.01. The van der Waals surface area contributed by atoms with E-state index in [1.165, 1.54) is 4.52 Å². The topological polar surface area (TPSA) is 98.5 Å². The number of nitrogens with zero attached hydrogens (tertiary/aromatic N) is 4. The highest BCUT2D eigenvalue weighted by molar-refractivity contribution is 5.91. The third-order valence-corrected chi connectivity index (χ3v) is 4.34. The number of aromatic nitrogens is 4. The molecule has 3 aromatic rings. The van der Waals surface area contributed by atoms with E-state index in [2.05, 4.69) is 20.4 Å². The molecule has 0 aliphatic rings. The molecule has 1 aromatic carbocycles. The van der Waals surface area contributed by atoms with Crippen molar-refractivity contribution in [3.63, 3.8) is 0 Å². The summed E-state index contributed by atoms with van der Waals surface area (Å²) in [5.41, 5.74) is 3.51. The number of esters is 1. The van der Waals surface area contributed by atoms with Gasteiger partial charge in [0, 0.05) is 11.4 Å². The van der Waals surface area contributed by atoms with Gasteiger partial charge < -0.3 is 10.1 Å². The van der Waals surface area contributed by atoms with Crippen molar-refractivity contribution in [2.45, 2.75) is 53.2 Å². The van der Waals surface area contributed by atoms with Gasteiger partial charge in [0.25, 0.3) is 11.7 Å². The monoisotopic (exact) mass is 395 g/mol. The van der Waals surface area contributed by atoms with Crippen LogP contribution in [0.2, 0.25) is 0 Å². The van der Waals surface area contributed by atoms with Crippen LogP contribution in [0.5, 0.6) is 0 Å². The van der Waals surface area contributed by atoms with Crippen molar-refractivity contribution in [3.05, 3.63) is 58.7 Å². The molecule has 0 spiro atoms. The average Bonchev–Trinajstić information content (AvgIpc) is 3.05. The highest BCUT2D eigenvalue weighted by Gasteiger charge is 2.23. The maximum absolute atomic E-state index is 12.8. The Kier molecular flexibility index (Phi) is 5.91. The second kappa shape index (κ2) is 8.38. The molecule has 0 aliphatic carbocycles. The zero-order valence-corrected chi connectivity index (χ0v) is 17.3. The maximum atomic E-state index is 12.8. The Morgan fingerprint density at radius 3 is 2.45 bits per heavy atom. The molecule has 0 aliphatic heterocycles. The number of amides is 1. The number of rotatable bonds is 6. The van der Waals surface area contributed by atoms with E-state index in [4.69, 9.17) is 4.74 Å². The van der Waals surface area contributed by atoms with E-state index >= 15 is 0 Å². The lowest BCUT2D eigenvalue weighted by molar-refractivity contribution is -0.147. The summed E-state index contributed by atoms with van der Waals surface area (Å²) in [6.07, 6.45) is -0.217. The van der Waals surface area contributed by atoms with Gasteiger partial charge in [0.1, 0.15) is 0 Å². The first kappa shape index (κ1) is 20.4. The Morgan fingerprint density at radius 1 is 1.10 bits per heavy atom. The zero-order valence-electron chi connectivity index (χ0n) is 17.3. The molecule has 2 aromatic heterocycles. The summed E-state index contributed by atoms with van der Waals surface area (Å²) in [5, 5.41) is 7.12. The van der Waals surface area contributed by atoms with Crippen LogP contribution in [0, 0.1) is 20.8 Å². The minimum absolute atomic E-state index is 0.000499. The molecule has 0 fully saturated rings. The largest absolute Gasteiger partial charge is 0.463 e. The van der Waals surface area contributed by atoms with E-state index in [9.17, 15) is 9.59 Å². The van der Waals surface area contributed by atoms with Crippen LogP contribution in [0.3, 0.4) is 0 Å². The molecule has 3 rings (SSSR count). The Bertz CT molecular complexity index is 1040. The lowest BCUT2D eigenvalue weighted by Gasteiger charge is -2.19. The minimum atomic E-state index is -0.559. The molecule has 0 bridgehead atoms. The molecule has 8 heteroatoms. The minimum Gasteiger partial charge on any atom is -0.463 e. The van der Waals surface area contributed by atoms with Crippen LogP contribution in [0.4, 0.5) is 0 Å². The molecule has 1 atom stereocenters. The van der Waals surface area contributed by atoms with Gasteiger partial charge in [0.15, 0.2) is 0 Å². The molecule has 0 saturated carbocycles. The second-order valence-electron chi connectivity index (χ2n) is 7.37. The van der Waals surface area contributed by atoms with E-state index in [1.54, 1.807) is 13.8 Å². The first-order valence-corrected chi connectivity index (χ1v) is 9.51. The third-order valence-electron chi connectivity index (χ3n) is 4.34. The molecule has 0 radical (unpaired) electrons. The molecular weight excluding hydrogens is 370 g/mol. The quantitative estimate of drug-likeness (QED) is 0.645. The molecule has 2 heterocycles. The van der Waals surface area contributed by atoms with Crippen molar-refractivity contribution in [1.29, 1.82) is 0 Å². The Labute approximate surface area is 169 Å². The molecule has 1 amide bonds. The van der Waals surface area contributed by atoms with Crippen LogP contribution in [0.1, 0.15) is 59.4 Å². The van der Waals surface area contributed by atoms with Gasteiger partial charge in [-0.2, -0.15) is 4.98 Å². The normalized spacial score (nSPS) is 12.2. The number of carbonyl (C=O) groups is 2. The SMILES string of the molecule is Cc1ccc(C(CC(=O)OC(C)C)NC(=O)c2nc3nc(C)cc(C)n3n2)cc1. The maximum Gasteiger partial charge on any atom is 0.308 e. The van der Waals surface area contributed by atoms with Crippen LogP contribution in [-0.4, -0.2) is 37.6 Å². The number of hydrogen-bond donors (Lipinski definition) is 1. The molecular formula is C21H25N5O3. The predicted molar refractivity (Wildman–Crippen MR) is 107 cm³/mol. The summed E-state index contributed by atoms with van der Waals surface area (Å²) in [7, 11) is 0. The first-order chi connectivity index (χ1) is 13.7. The number of ether oxygens (including phenoxy) is 1. The van der Waals surface area contributed by atoms with Gasteiger partial charge >= 0.3 is 5.97 Å². The summed E-state index contributed by atoms with van der Waals surface area (Å²) < 4.78 is 6.78. The number of hydrogen-bond acceptors (Lipinski definition) is 6. The lowest BCUT2D eigenvalue weighted by Crippen LogP contribution is -2.31. The molecule has 152 valence electrons. The van der Waals surface area contributed by atoms with Crippen LogP contribution >= 0.6 is 0 Å². The Morgan fingerprint density at radius 2 is 1.79 bits per heavy atom. The van der Waals surface area contributed by atoms with Crippen molar-refractivity contribution in [1.82, 2.24) is 24.9 Å². The Balaban J connectivity index is 1.86. The number of aryl methyl sites for hydroxylation is 3. The smallest absolute Gasteiger partial charge is 0.308 e. The van der Waals surface area contributed by atoms with Gasteiger partial charge in [0.05, 0.1) is 18.6 Å². The van der Waals surface area contributed by atoms with E-state index in [0.29, 0.717) is 5.78 Å².